The molecule has 0 aromatic carbocycles. The topological polar surface area (TPSA) is 12.0 Å². The van der Waals surface area contributed by atoms with E-state index in [2.05, 4.69) is 32.8 Å². The summed E-state index contributed by atoms with van der Waals surface area (Å²) in [5, 5.41) is 3.47. The summed E-state index contributed by atoms with van der Waals surface area (Å²) in [7, 11) is 2.09. The second kappa shape index (κ2) is 5.55. The van der Waals surface area contributed by atoms with Crippen molar-refractivity contribution in [3.63, 3.8) is 0 Å². The lowest BCUT2D eigenvalue weighted by Crippen LogP contribution is -2.32. The summed E-state index contributed by atoms with van der Waals surface area (Å²) in [6.07, 6.45) is 6.53. The van der Waals surface area contributed by atoms with Gasteiger partial charge < -0.3 is 5.32 Å². The lowest BCUT2D eigenvalue weighted by Gasteiger charge is -2.23. The number of rotatable bonds is 5. The third kappa shape index (κ3) is 3.13. The van der Waals surface area contributed by atoms with Crippen LogP contribution in [0.15, 0.2) is 12.2 Å². The quantitative estimate of drug-likeness (QED) is 0.663. The molecule has 0 aliphatic heterocycles. The lowest BCUT2D eigenvalue weighted by atomic mass is 9.91. The molecule has 1 heteroatoms. The predicted octanol–water partition coefficient (Wildman–Crippen LogP) is 3.37. The van der Waals surface area contributed by atoms with Crippen molar-refractivity contribution in [3.05, 3.63) is 12.2 Å². The molecule has 0 aromatic rings. The molecule has 1 N–H and O–H groups in total. The first-order valence-corrected chi connectivity index (χ1v) is 6.01. The average Bonchev–Trinajstić information content (AvgIpc) is 2.60. The Labute approximate surface area is 89.0 Å². The molecule has 0 saturated heterocycles. The minimum Gasteiger partial charge on any atom is -0.316 e. The van der Waals surface area contributed by atoms with E-state index < -0.39 is 0 Å². The van der Waals surface area contributed by atoms with Gasteiger partial charge in [0.05, 0.1) is 0 Å². The fourth-order valence-electron chi connectivity index (χ4n) is 2.58. The molecule has 0 amide bonds. The first kappa shape index (κ1) is 11.8. The molecular weight excluding hydrogens is 170 g/mol. The van der Waals surface area contributed by atoms with Gasteiger partial charge in [-0.05, 0) is 44.6 Å². The van der Waals surface area contributed by atoms with Crippen molar-refractivity contribution in [2.45, 2.75) is 52.0 Å². The van der Waals surface area contributed by atoms with Gasteiger partial charge in [0.2, 0.25) is 0 Å². The molecule has 0 radical (unpaired) electrons. The Morgan fingerprint density at radius 1 is 1.50 bits per heavy atom. The molecular formula is C13H25N. The average molecular weight is 195 g/mol. The van der Waals surface area contributed by atoms with E-state index in [-0.39, 0.29) is 0 Å². The van der Waals surface area contributed by atoms with Crippen molar-refractivity contribution >= 4 is 0 Å². The second-order valence-corrected chi connectivity index (χ2v) is 4.88. The van der Waals surface area contributed by atoms with E-state index in [1.807, 2.05) is 0 Å². The van der Waals surface area contributed by atoms with Gasteiger partial charge in [-0.25, -0.2) is 0 Å². The molecule has 1 aliphatic rings. The zero-order valence-electron chi connectivity index (χ0n) is 9.97. The van der Waals surface area contributed by atoms with Gasteiger partial charge in [-0.1, -0.05) is 32.4 Å². The summed E-state index contributed by atoms with van der Waals surface area (Å²) < 4.78 is 0. The maximum Gasteiger partial charge on any atom is 0.0129 e. The van der Waals surface area contributed by atoms with E-state index in [0.717, 1.165) is 18.3 Å². The van der Waals surface area contributed by atoms with Crippen LogP contribution in [0.3, 0.4) is 0 Å². The summed E-state index contributed by atoms with van der Waals surface area (Å²) in [6.45, 7) is 8.69. The Morgan fingerprint density at radius 3 is 2.64 bits per heavy atom. The van der Waals surface area contributed by atoms with E-state index >= 15 is 0 Å². The van der Waals surface area contributed by atoms with Gasteiger partial charge in [0.15, 0.2) is 0 Å². The van der Waals surface area contributed by atoms with Crippen molar-refractivity contribution in [1.82, 2.24) is 5.32 Å². The predicted molar refractivity (Wildman–Crippen MR) is 63.4 cm³/mol. The van der Waals surface area contributed by atoms with Gasteiger partial charge in [-0.3, -0.25) is 0 Å². The van der Waals surface area contributed by atoms with Crippen LogP contribution < -0.4 is 5.32 Å². The molecule has 1 rings (SSSR count). The van der Waals surface area contributed by atoms with Crippen molar-refractivity contribution in [2.24, 2.45) is 11.8 Å². The maximum atomic E-state index is 4.11. The Kier molecular flexibility index (Phi) is 4.67. The minimum atomic E-state index is 0.674. The highest BCUT2D eigenvalue weighted by molar-refractivity contribution is 4.98. The molecule has 0 bridgehead atoms. The zero-order chi connectivity index (χ0) is 10.6. The molecule has 1 fully saturated rings. The van der Waals surface area contributed by atoms with Gasteiger partial charge in [0.25, 0.3) is 0 Å². The molecule has 1 nitrogen and oxygen atoms in total. The second-order valence-electron chi connectivity index (χ2n) is 4.88. The van der Waals surface area contributed by atoms with E-state index in [1.165, 1.54) is 31.3 Å². The molecule has 1 saturated carbocycles. The summed E-state index contributed by atoms with van der Waals surface area (Å²) >= 11 is 0. The van der Waals surface area contributed by atoms with Crippen LogP contribution in [0, 0.1) is 11.8 Å². The van der Waals surface area contributed by atoms with Gasteiger partial charge >= 0.3 is 0 Å². The first-order chi connectivity index (χ1) is 6.67. The first-order valence-electron chi connectivity index (χ1n) is 6.01. The third-order valence-corrected chi connectivity index (χ3v) is 3.68. The van der Waals surface area contributed by atoms with Crippen LogP contribution >= 0.6 is 0 Å². The largest absolute Gasteiger partial charge is 0.316 e. The normalized spacial score (nSPS) is 29.1. The Bertz CT molecular complexity index is 186. The number of nitrogens with one attached hydrogen (secondary N) is 1. The molecule has 1 aliphatic carbocycles. The zero-order valence-corrected chi connectivity index (χ0v) is 9.97. The van der Waals surface area contributed by atoms with Crippen LogP contribution in [0.4, 0.5) is 0 Å². The molecule has 3 atom stereocenters. The highest BCUT2D eigenvalue weighted by atomic mass is 14.9. The van der Waals surface area contributed by atoms with Crippen LogP contribution in [-0.2, 0) is 0 Å². The maximum absolute atomic E-state index is 4.11. The summed E-state index contributed by atoms with van der Waals surface area (Å²) in [4.78, 5) is 0. The minimum absolute atomic E-state index is 0.674. The molecule has 3 unspecified atom stereocenters. The SMILES string of the molecule is C=C(CC)CC(NC)C1CCC(C)C1. The Balaban J connectivity index is 2.41. The van der Waals surface area contributed by atoms with Gasteiger partial charge in [-0.2, -0.15) is 0 Å². The van der Waals surface area contributed by atoms with Gasteiger partial charge in [-0.15, -0.1) is 0 Å². The van der Waals surface area contributed by atoms with E-state index in [4.69, 9.17) is 0 Å². The molecule has 0 aromatic heterocycles. The fourth-order valence-corrected chi connectivity index (χ4v) is 2.58. The highest BCUT2D eigenvalue weighted by Crippen LogP contribution is 2.34. The Hall–Kier alpha value is -0.300. The summed E-state index contributed by atoms with van der Waals surface area (Å²) in [5.41, 5.74) is 1.39. The molecule has 0 heterocycles. The smallest absolute Gasteiger partial charge is 0.0129 e. The lowest BCUT2D eigenvalue weighted by molar-refractivity contribution is 0.365. The van der Waals surface area contributed by atoms with Crippen molar-refractivity contribution in [2.75, 3.05) is 7.05 Å². The van der Waals surface area contributed by atoms with Crippen LogP contribution in [0.1, 0.15) is 46.0 Å². The summed E-state index contributed by atoms with van der Waals surface area (Å²) in [6, 6.07) is 0.674. The van der Waals surface area contributed by atoms with Gasteiger partial charge in [0.1, 0.15) is 0 Å². The van der Waals surface area contributed by atoms with Crippen LogP contribution in [-0.4, -0.2) is 13.1 Å². The van der Waals surface area contributed by atoms with Crippen LogP contribution in [0.5, 0.6) is 0 Å². The monoisotopic (exact) mass is 195 g/mol. The van der Waals surface area contributed by atoms with Crippen LogP contribution in [0.25, 0.3) is 0 Å². The van der Waals surface area contributed by atoms with Crippen LogP contribution in [0.2, 0.25) is 0 Å². The standard InChI is InChI=1S/C13H25N/c1-5-10(2)9-13(14-4)12-7-6-11(3)8-12/h11-14H,2,5-9H2,1,3-4H3. The third-order valence-electron chi connectivity index (χ3n) is 3.68. The van der Waals surface area contributed by atoms with Crippen molar-refractivity contribution < 1.29 is 0 Å². The Morgan fingerprint density at radius 2 is 2.21 bits per heavy atom. The highest BCUT2D eigenvalue weighted by Gasteiger charge is 2.27. The molecule has 14 heavy (non-hydrogen) atoms. The summed E-state index contributed by atoms with van der Waals surface area (Å²) in [5.74, 6) is 1.82. The van der Waals surface area contributed by atoms with E-state index in [1.54, 1.807) is 0 Å². The number of hydrogen-bond acceptors (Lipinski definition) is 1. The van der Waals surface area contributed by atoms with E-state index in [0.29, 0.717) is 6.04 Å². The van der Waals surface area contributed by atoms with Crippen molar-refractivity contribution in [3.8, 4) is 0 Å². The van der Waals surface area contributed by atoms with E-state index in [9.17, 15) is 0 Å². The van der Waals surface area contributed by atoms with Crippen molar-refractivity contribution in [1.29, 1.82) is 0 Å². The van der Waals surface area contributed by atoms with Gasteiger partial charge in [0, 0.05) is 6.04 Å². The molecule has 82 valence electrons. The number of hydrogen-bond donors (Lipinski definition) is 1. The fraction of sp³-hybridized carbons (Fsp3) is 0.846. The molecule has 0 spiro atoms.